The lowest BCUT2D eigenvalue weighted by molar-refractivity contribution is -0.154. The number of alkyl halides is 5. The van der Waals surface area contributed by atoms with Crippen LogP contribution in [0.3, 0.4) is 0 Å². The van der Waals surface area contributed by atoms with Crippen LogP contribution in [-0.2, 0) is 6.42 Å². The quantitative estimate of drug-likeness (QED) is 0.394. The van der Waals surface area contributed by atoms with Gasteiger partial charge in [0.05, 0.1) is 0 Å². The van der Waals surface area contributed by atoms with Gasteiger partial charge in [-0.15, -0.1) is 0 Å². The summed E-state index contributed by atoms with van der Waals surface area (Å²) in [5.41, 5.74) is -0.315. The fourth-order valence-electron chi connectivity index (χ4n) is 3.43. The van der Waals surface area contributed by atoms with Gasteiger partial charge < -0.3 is 4.74 Å². The maximum atomic E-state index is 14.5. The highest BCUT2D eigenvalue weighted by Crippen LogP contribution is 2.41. The highest BCUT2D eigenvalue weighted by Gasteiger charge is 2.41. The molecular formula is C19H21F7O. The third kappa shape index (κ3) is 6.14. The Hall–Kier alpha value is -1.73. The van der Waals surface area contributed by atoms with Crippen LogP contribution < -0.4 is 4.74 Å². The molecule has 0 spiro atoms. The maximum Gasteiger partial charge on any atom is 0.422 e. The van der Waals surface area contributed by atoms with Crippen LogP contribution in [0.1, 0.15) is 38.2 Å². The molecule has 0 N–H and O–H groups in total. The first kappa shape index (κ1) is 21.6. The first-order valence-electron chi connectivity index (χ1n) is 8.70. The molecule has 0 atom stereocenters. The van der Waals surface area contributed by atoms with Crippen molar-refractivity contribution in [2.75, 3.05) is 6.61 Å². The standard InChI is InChI=1S/C19H21F7O/c1-2-3-12-4-6-14(7-5-12)18(22,23)10-13-8-15(20)17(16(21)9-13)27-11-19(24,25)26/h2-3,8-9,12,14H,4-7,10-11H2,1H3. The number of allylic oxidation sites excluding steroid dienone is 2. The van der Waals surface area contributed by atoms with Crippen molar-refractivity contribution < 1.29 is 35.5 Å². The van der Waals surface area contributed by atoms with Crippen molar-refractivity contribution in [3.8, 4) is 5.75 Å². The van der Waals surface area contributed by atoms with E-state index in [0.29, 0.717) is 37.8 Å². The minimum atomic E-state index is -4.77. The summed E-state index contributed by atoms with van der Waals surface area (Å²) in [5, 5.41) is 0. The number of halogens is 7. The molecule has 0 radical (unpaired) electrons. The van der Waals surface area contributed by atoms with Gasteiger partial charge in [0.15, 0.2) is 24.0 Å². The molecule has 1 saturated carbocycles. The Morgan fingerprint density at radius 3 is 2.04 bits per heavy atom. The van der Waals surface area contributed by atoms with Gasteiger partial charge in [-0.05, 0) is 56.2 Å². The highest BCUT2D eigenvalue weighted by atomic mass is 19.4. The maximum absolute atomic E-state index is 14.5. The highest BCUT2D eigenvalue weighted by molar-refractivity contribution is 5.32. The number of hydrogen-bond acceptors (Lipinski definition) is 1. The molecule has 1 nitrogen and oxygen atoms in total. The zero-order valence-electron chi connectivity index (χ0n) is 14.8. The molecule has 0 heterocycles. The molecule has 2 rings (SSSR count). The molecule has 1 aromatic carbocycles. The molecule has 0 unspecified atom stereocenters. The lowest BCUT2D eigenvalue weighted by Crippen LogP contribution is -2.33. The Kier molecular flexibility index (Phi) is 6.81. The van der Waals surface area contributed by atoms with Crippen molar-refractivity contribution in [1.82, 2.24) is 0 Å². The van der Waals surface area contributed by atoms with E-state index in [1.807, 2.05) is 19.1 Å². The number of rotatable bonds is 6. The largest absolute Gasteiger partial charge is 0.478 e. The second-order valence-corrected chi connectivity index (χ2v) is 6.87. The fourth-order valence-corrected chi connectivity index (χ4v) is 3.43. The average molecular weight is 398 g/mol. The summed E-state index contributed by atoms with van der Waals surface area (Å²) in [5.74, 6) is -7.86. The summed E-state index contributed by atoms with van der Waals surface area (Å²) in [6, 6.07) is 1.21. The molecule has 1 aliphatic carbocycles. The molecule has 1 aliphatic rings. The van der Waals surface area contributed by atoms with Crippen LogP contribution in [0.5, 0.6) is 5.75 Å². The first-order chi connectivity index (χ1) is 12.5. The molecule has 1 aromatic rings. The van der Waals surface area contributed by atoms with Crippen LogP contribution in [0.15, 0.2) is 24.3 Å². The van der Waals surface area contributed by atoms with E-state index in [1.54, 1.807) is 0 Å². The van der Waals surface area contributed by atoms with E-state index in [4.69, 9.17) is 0 Å². The minimum absolute atomic E-state index is 0.266. The first-order valence-corrected chi connectivity index (χ1v) is 8.70. The number of hydrogen-bond donors (Lipinski definition) is 0. The van der Waals surface area contributed by atoms with Gasteiger partial charge in [0.2, 0.25) is 0 Å². The van der Waals surface area contributed by atoms with Crippen LogP contribution in [0.25, 0.3) is 0 Å². The second kappa shape index (κ2) is 8.52. The van der Waals surface area contributed by atoms with Gasteiger partial charge in [-0.2, -0.15) is 13.2 Å². The summed E-state index contributed by atoms with van der Waals surface area (Å²) in [6.07, 6.45) is 0.0835. The Bertz CT molecular complexity index is 636. The van der Waals surface area contributed by atoms with Crippen molar-refractivity contribution >= 4 is 0 Å². The van der Waals surface area contributed by atoms with Crippen LogP contribution in [0, 0.1) is 23.5 Å². The van der Waals surface area contributed by atoms with E-state index in [0.717, 1.165) is 0 Å². The van der Waals surface area contributed by atoms with Gasteiger partial charge in [-0.1, -0.05) is 12.2 Å². The van der Waals surface area contributed by atoms with E-state index in [1.165, 1.54) is 0 Å². The topological polar surface area (TPSA) is 9.23 Å². The second-order valence-electron chi connectivity index (χ2n) is 6.87. The van der Waals surface area contributed by atoms with Crippen molar-refractivity contribution in [3.05, 3.63) is 41.5 Å². The molecule has 152 valence electrons. The van der Waals surface area contributed by atoms with E-state index in [9.17, 15) is 30.7 Å². The van der Waals surface area contributed by atoms with Gasteiger partial charge in [0, 0.05) is 12.3 Å². The molecule has 27 heavy (non-hydrogen) atoms. The van der Waals surface area contributed by atoms with Crippen LogP contribution in [-0.4, -0.2) is 18.7 Å². The summed E-state index contributed by atoms with van der Waals surface area (Å²) in [4.78, 5) is 0. The van der Waals surface area contributed by atoms with E-state index in [-0.39, 0.29) is 11.5 Å². The third-order valence-corrected chi connectivity index (χ3v) is 4.71. The van der Waals surface area contributed by atoms with Crippen LogP contribution in [0.2, 0.25) is 0 Å². The summed E-state index contributed by atoms with van der Waals surface area (Å²) < 4.78 is 97.2. The zero-order chi connectivity index (χ0) is 20.2. The summed E-state index contributed by atoms with van der Waals surface area (Å²) in [6.45, 7) is -0.00231. The fraction of sp³-hybridized carbons (Fsp3) is 0.579. The number of ether oxygens (including phenoxy) is 1. The van der Waals surface area contributed by atoms with Gasteiger partial charge in [0.1, 0.15) is 0 Å². The monoisotopic (exact) mass is 398 g/mol. The van der Waals surface area contributed by atoms with E-state index >= 15 is 0 Å². The molecule has 0 aliphatic heterocycles. The third-order valence-electron chi connectivity index (χ3n) is 4.71. The average Bonchev–Trinajstić information content (AvgIpc) is 2.53. The Balaban J connectivity index is 2.06. The van der Waals surface area contributed by atoms with E-state index in [2.05, 4.69) is 4.74 Å². The van der Waals surface area contributed by atoms with Gasteiger partial charge >= 0.3 is 6.18 Å². The van der Waals surface area contributed by atoms with Crippen LogP contribution >= 0.6 is 0 Å². The summed E-state index contributed by atoms with van der Waals surface area (Å²) >= 11 is 0. The Morgan fingerprint density at radius 1 is 1.00 bits per heavy atom. The zero-order valence-corrected chi connectivity index (χ0v) is 14.8. The minimum Gasteiger partial charge on any atom is -0.478 e. The lowest BCUT2D eigenvalue weighted by atomic mass is 9.77. The molecule has 1 fully saturated rings. The predicted molar refractivity (Wildman–Crippen MR) is 86.8 cm³/mol. The predicted octanol–water partition coefficient (Wildman–Crippen LogP) is 6.47. The van der Waals surface area contributed by atoms with Gasteiger partial charge in [-0.25, -0.2) is 17.6 Å². The molecule has 0 saturated heterocycles. The molecule has 0 bridgehead atoms. The molecular weight excluding hydrogens is 377 g/mol. The van der Waals surface area contributed by atoms with Crippen molar-refractivity contribution in [2.45, 2.75) is 51.1 Å². The Labute approximate surface area is 153 Å². The smallest absolute Gasteiger partial charge is 0.422 e. The lowest BCUT2D eigenvalue weighted by Gasteiger charge is -2.33. The van der Waals surface area contributed by atoms with Crippen molar-refractivity contribution in [2.24, 2.45) is 11.8 Å². The van der Waals surface area contributed by atoms with Crippen LogP contribution in [0.4, 0.5) is 30.7 Å². The SMILES string of the molecule is CC=CC1CCC(C(F)(F)Cc2cc(F)c(OCC(F)(F)F)c(F)c2)CC1. The van der Waals surface area contributed by atoms with Crippen molar-refractivity contribution in [3.63, 3.8) is 0 Å². The van der Waals surface area contributed by atoms with Gasteiger partial charge in [0.25, 0.3) is 5.92 Å². The Morgan fingerprint density at radius 2 is 1.56 bits per heavy atom. The molecule has 8 heteroatoms. The normalized spacial score (nSPS) is 21.6. The summed E-state index contributed by atoms with van der Waals surface area (Å²) in [7, 11) is 0. The van der Waals surface area contributed by atoms with Crippen molar-refractivity contribution in [1.29, 1.82) is 0 Å². The van der Waals surface area contributed by atoms with E-state index < -0.39 is 48.4 Å². The molecule has 0 aromatic heterocycles. The molecule has 0 amide bonds. The van der Waals surface area contributed by atoms with Gasteiger partial charge in [-0.3, -0.25) is 0 Å². The number of benzene rings is 1.